The fraction of sp³-hybridized carbons (Fsp3) is 0.609. The molecule has 3 fully saturated rings. The maximum absolute atomic E-state index is 14.2. The van der Waals surface area contributed by atoms with Crippen molar-refractivity contribution in [3.05, 3.63) is 23.9 Å². The molecule has 8 nitrogen and oxygen atoms in total. The lowest BCUT2D eigenvalue weighted by Crippen LogP contribution is -2.50. The number of nitrogens with zero attached hydrogens (tertiary/aromatic N) is 4. The minimum atomic E-state index is -0.743. The number of imide groups is 1. The molecule has 1 aromatic carbocycles. The van der Waals surface area contributed by atoms with Crippen LogP contribution in [0.3, 0.4) is 0 Å². The number of piperidine rings is 2. The smallest absolute Gasteiger partial charge is 0.235 e. The summed E-state index contributed by atoms with van der Waals surface area (Å²) in [6.07, 6.45) is 1.01. The number of carbonyl (C=O) groups excluding carboxylic acids is 2. The van der Waals surface area contributed by atoms with Crippen LogP contribution in [-0.4, -0.2) is 78.5 Å². The Morgan fingerprint density at radius 1 is 1.16 bits per heavy atom. The van der Waals surface area contributed by atoms with Crippen LogP contribution in [0.2, 0.25) is 0 Å². The van der Waals surface area contributed by atoms with Gasteiger partial charge in [-0.2, -0.15) is 5.10 Å². The van der Waals surface area contributed by atoms with Gasteiger partial charge in [0.15, 0.2) is 0 Å². The molecule has 0 aliphatic carbocycles. The van der Waals surface area contributed by atoms with Crippen LogP contribution in [-0.2, 0) is 16.6 Å². The predicted molar refractivity (Wildman–Crippen MR) is 120 cm³/mol. The molecule has 0 bridgehead atoms. The van der Waals surface area contributed by atoms with Crippen LogP contribution in [0.1, 0.15) is 30.9 Å². The Morgan fingerprint density at radius 3 is 2.72 bits per heavy atom. The van der Waals surface area contributed by atoms with Gasteiger partial charge in [0.05, 0.1) is 17.1 Å². The number of aryl methyl sites for hydroxylation is 1. The second-order valence-electron chi connectivity index (χ2n) is 9.27. The largest absolute Gasteiger partial charge is 0.369 e. The van der Waals surface area contributed by atoms with E-state index in [1.807, 2.05) is 17.8 Å². The molecule has 3 atom stereocenters. The topological polar surface area (TPSA) is 82.5 Å². The zero-order valence-electron chi connectivity index (χ0n) is 18.5. The molecule has 2 amide bonds. The van der Waals surface area contributed by atoms with Crippen LogP contribution in [0, 0.1) is 5.92 Å². The van der Waals surface area contributed by atoms with Crippen molar-refractivity contribution in [3.63, 3.8) is 0 Å². The lowest BCUT2D eigenvalue weighted by atomic mass is 9.93. The van der Waals surface area contributed by atoms with Gasteiger partial charge in [0.2, 0.25) is 11.8 Å². The van der Waals surface area contributed by atoms with E-state index < -0.39 is 6.17 Å². The number of anilines is 1. The monoisotopic (exact) mass is 442 g/mol. The highest BCUT2D eigenvalue weighted by atomic mass is 19.1. The number of aromatic nitrogens is 2. The lowest BCUT2D eigenvalue weighted by molar-refractivity contribution is -0.134. The molecular weight excluding hydrogens is 411 g/mol. The van der Waals surface area contributed by atoms with E-state index in [-0.39, 0.29) is 23.7 Å². The van der Waals surface area contributed by atoms with E-state index in [1.54, 1.807) is 0 Å². The van der Waals surface area contributed by atoms with Crippen molar-refractivity contribution in [1.82, 2.24) is 25.3 Å². The molecule has 9 heteroatoms. The number of hydrogen-bond donors (Lipinski definition) is 2. The van der Waals surface area contributed by atoms with Gasteiger partial charge in [0.1, 0.15) is 6.17 Å². The molecule has 3 saturated heterocycles. The number of amides is 2. The molecule has 1 unspecified atom stereocenters. The number of halogens is 1. The minimum Gasteiger partial charge on any atom is -0.369 e. The summed E-state index contributed by atoms with van der Waals surface area (Å²) in [6, 6.07) is 6.28. The van der Waals surface area contributed by atoms with Crippen LogP contribution in [0.4, 0.5) is 10.1 Å². The zero-order chi connectivity index (χ0) is 22.2. The highest BCUT2D eigenvalue weighted by molar-refractivity contribution is 6.02. The number of benzene rings is 1. The number of hydrogen-bond acceptors (Lipinski definition) is 6. The highest BCUT2D eigenvalue weighted by Crippen LogP contribution is 2.32. The van der Waals surface area contributed by atoms with Gasteiger partial charge in [-0.25, -0.2) is 4.39 Å². The minimum absolute atomic E-state index is 0.138. The second kappa shape index (κ2) is 8.78. The van der Waals surface area contributed by atoms with E-state index in [0.29, 0.717) is 19.4 Å². The SMILES string of the molecule is Cn1nc(C2CCC(=O)NC2=O)c2ccc(N3CCN(C[C@H]4CCNC[C@H]4F)CC3)cc21. The molecule has 2 aromatic rings. The summed E-state index contributed by atoms with van der Waals surface area (Å²) in [4.78, 5) is 28.6. The van der Waals surface area contributed by atoms with Gasteiger partial charge in [-0.1, -0.05) is 0 Å². The van der Waals surface area contributed by atoms with E-state index in [9.17, 15) is 14.0 Å². The molecule has 0 radical (unpaired) electrons. The first-order valence-electron chi connectivity index (χ1n) is 11.6. The standard InChI is InChI=1S/C23H31FN6O2/c1-28-20-12-16(2-3-17(20)22(27-28)18-4-5-21(31)26-23(18)32)30-10-8-29(9-11-30)14-15-6-7-25-13-19(15)24/h2-3,12,15,18-19,25H,4-11,13-14H2,1H3,(H,26,31,32)/t15-,18?,19-/m1/s1. The number of alkyl halides is 1. The Kier molecular flexibility index (Phi) is 5.86. The average molecular weight is 443 g/mol. The molecule has 5 rings (SSSR count). The Hall–Kier alpha value is -2.52. The maximum Gasteiger partial charge on any atom is 0.235 e. The Morgan fingerprint density at radius 2 is 1.97 bits per heavy atom. The summed E-state index contributed by atoms with van der Waals surface area (Å²) < 4.78 is 16.0. The van der Waals surface area contributed by atoms with Gasteiger partial charge in [-0.05, 0) is 37.6 Å². The van der Waals surface area contributed by atoms with Crippen LogP contribution >= 0.6 is 0 Å². The van der Waals surface area contributed by atoms with Crippen molar-refractivity contribution in [2.45, 2.75) is 31.4 Å². The van der Waals surface area contributed by atoms with Crippen LogP contribution in [0.5, 0.6) is 0 Å². The van der Waals surface area contributed by atoms with Crippen molar-refractivity contribution >= 4 is 28.4 Å². The molecule has 3 aliphatic heterocycles. The third-order valence-electron chi connectivity index (χ3n) is 7.21. The van der Waals surface area contributed by atoms with Gasteiger partial charge < -0.3 is 10.2 Å². The van der Waals surface area contributed by atoms with E-state index in [4.69, 9.17) is 0 Å². The van der Waals surface area contributed by atoms with Gasteiger partial charge in [0.25, 0.3) is 0 Å². The van der Waals surface area contributed by atoms with Gasteiger partial charge in [0, 0.05) is 69.7 Å². The first-order chi connectivity index (χ1) is 15.5. The van der Waals surface area contributed by atoms with Gasteiger partial charge in [-0.15, -0.1) is 0 Å². The Labute approximate surface area is 187 Å². The van der Waals surface area contributed by atoms with Crippen LogP contribution < -0.4 is 15.5 Å². The first-order valence-corrected chi connectivity index (χ1v) is 11.6. The van der Waals surface area contributed by atoms with Crippen LogP contribution in [0.25, 0.3) is 10.9 Å². The van der Waals surface area contributed by atoms with Crippen molar-refractivity contribution in [1.29, 1.82) is 0 Å². The van der Waals surface area contributed by atoms with E-state index in [0.717, 1.165) is 68.0 Å². The quantitative estimate of drug-likeness (QED) is 0.692. The van der Waals surface area contributed by atoms with Crippen molar-refractivity contribution in [2.24, 2.45) is 13.0 Å². The molecule has 1 aromatic heterocycles. The molecule has 172 valence electrons. The summed E-state index contributed by atoms with van der Waals surface area (Å²) in [5.41, 5.74) is 2.87. The van der Waals surface area contributed by atoms with E-state index in [2.05, 4.69) is 37.7 Å². The first kappa shape index (κ1) is 21.3. The summed E-state index contributed by atoms with van der Waals surface area (Å²) in [5, 5.41) is 11.2. The second-order valence-corrected chi connectivity index (χ2v) is 9.27. The average Bonchev–Trinajstić information content (AvgIpc) is 3.11. The fourth-order valence-electron chi connectivity index (χ4n) is 5.28. The third kappa shape index (κ3) is 4.11. The normalized spacial score (nSPS) is 27.7. The zero-order valence-corrected chi connectivity index (χ0v) is 18.5. The molecule has 32 heavy (non-hydrogen) atoms. The predicted octanol–water partition coefficient (Wildman–Crippen LogP) is 1.16. The van der Waals surface area contributed by atoms with Crippen molar-refractivity contribution < 1.29 is 14.0 Å². The highest BCUT2D eigenvalue weighted by Gasteiger charge is 2.32. The lowest BCUT2D eigenvalue weighted by Gasteiger charge is -2.39. The van der Waals surface area contributed by atoms with Gasteiger partial charge >= 0.3 is 0 Å². The molecule has 0 saturated carbocycles. The van der Waals surface area contributed by atoms with Crippen molar-refractivity contribution in [2.75, 3.05) is 50.7 Å². The number of carbonyl (C=O) groups is 2. The molecule has 3 aliphatic rings. The number of fused-ring (bicyclic) bond motifs is 1. The Balaban J connectivity index is 1.27. The molecule has 0 spiro atoms. The fourth-order valence-corrected chi connectivity index (χ4v) is 5.28. The summed E-state index contributed by atoms with van der Waals surface area (Å²) in [6.45, 7) is 5.92. The summed E-state index contributed by atoms with van der Waals surface area (Å²) in [5.74, 6) is -0.722. The third-order valence-corrected chi connectivity index (χ3v) is 7.21. The van der Waals surface area contributed by atoms with Crippen LogP contribution in [0.15, 0.2) is 18.2 Å². The summed E-state index contributed by atoms with van der Waals surface area (Å²) >= 11 is 0. The maximum atomic E-state index is 14.2. The number of rotatable bonds is 4. The number of nitrogens with one attached hydrogen (secondary N) is 2. The van der Waals surface area contributed by atoms with E-state index >= 15 is 0 Å². The van der Waals surface area contributed by atoms with E-state index in [1.165, 1.54) is 0 Å². The van der Waals surface area contributed by atoms with Crippen molar-refractivity contribution in [3.8, 4) is 0 Å². The molecular formula is C23H31FN6O2. The molecule has 4 heterocycles. The summed E-state index contributed by atoms with van der Waals surface area (Å²) in [7, 11) is 1.89. The van der Waals surface area contributed by atoms with Gasteiger partial charge in [-0.3, -0.25) is 24.5 Å². The number of piperazine rings is 1. The Bertz CT molecular complexity index is 1020. The molecule has 2 N–H and O–H groups in total.